The van der Waals surface area contributed by atoms with E-state index in [9.17, 15) is 9.59 Å². The molecule has 0 atom stereocenters. The van der Waals surface area contributed by atoms with Crippen LogP contribution in [0.25, 0.3) is 6.08 Å². The SMILES string of the molecule is COC(=O)CCN1C(=O)/C(=C/c2cccc(Cl)c2)SC1=S. The highest BCUT2D eigenvalue weighted by molar-refractivity contribution is 8.26. The first kappa shape index (κ1) is 16.0. The minimum Gasteiger partial charge on any atom is -0.469 e. The Kier molecular flexibility index (Phi) is 5.39. The van der Waals surface area contributed by atoms with E-state index >= 15 is 0 Å². The first-order valence-electron chi connectivity index (χ1n) is 6.09. The number of carbonyl (C=O) groups is 2. The molecule has 4 nitrogen and oxygen atoms in total. The second-order valence-corrected chi connectivity index (χ2v) is 6.33. The fourth-order valence-corrected chi connectivity index (χ4v) is 3.25. The molecule has 1 saturated heterocycles. The highest BCUT2D eigenvalue weighted by Crippen LogP contribution is 2.32. The van der Waals surface area contributed by atoms with Crippen LogP contribution in [0.1, 0.15) is 12.0 Å². The highest BCUT2D eigenvalue weighted by atomic mass is 35.5. The van der Waals surface area contributed by atoms with E-state index in [2.05, 4.69) is 4.74 Å². The maximum atomic E-state index is 12.3. The standard InChI is InChI=1S/C14H12ClNO3S2/c1-19-12(17)5-6-16-13(18)11(21-14(16)20)8-9-3-2-4-10(15)7-9/h2-4,7-8H,5-6H2,1H3/b11-8-. The summed E-state index contributed by atoms with van der Waals surface area (Å²) in [6.45, 7) is 0.226. The minimum absolute atomic E-state index is 0.118. The third-order valence-electron chi connectivity index (χ3n) is 2.79. The lowest BCUT2D eigenvalue weighted by Crippen LogP contribution is -2.30. The molecule has 0 saturated carbocycles. The number of hydrogen-bond donors (Lipinski definition) is 0. The molecule has 0 spiro atoms. The van der Waals surface area contributed by atoms with Gasteiger partial charge in [0, 0.05) is 11.6 Å². The van der Waals surface area contributed by atoms with Crippen molar-refractivity contribution in [3.05, 3.63) is 39.8 Å². The Hall–Kier alpha value is -1.37. The zero-order chi connectivity index (χ0) is 15.4. The van der Waals surface area contributed by atoms with Gasteiger partial charge in [0.25, 0.3) is 5.91 Å². The summed E-state index contributed by atoms with van der Waals surface area (Å²) in [5, 5.41) is 0.602. The number of methoxy groups -OCH3 is 1. The average molecular weight is 342 g/mol. The highest BCUT2D eigenvalue weighted by Gasteiger charge is 2.32. The molecule has 1 fully saturated rings. The number of hydrogen-bond acceptors (Lipinski definition) is 5. The monoisotopic (exact) mass is 341 g/mol. The van der Waals surface area contributed by atoms with E-state index in [4.69, 9.17) is 23.8 Å². The van der Waals surface area contributed by atoms with Gasteiger partial charge in [-0.05, 0) is 23.8 Å². The van der Waals surface area contributed by atoms with Crippen molar-refractivity contribution in [2.45, 2.75) is 6.42 Å². The van der Waals surface area contributed by atoms with Crippen molar-refractivity contribution in [3.63, 3.8) is 0 Å². The number of rotatable bonds is 4. The molecule has 1 aromatic rings. The van der Waals surface area contributed by atoms with Gasteiger partial charge in [-0.25, -0.2) is 0 Å². The number of carbonyl (C=O) groups excluding carboxylic acids is 2. The molecule has 1 amide bonds. The van der Waals surface area contributed by atoms with Crippen molar-refractivity contribution >= 4 is 57.9 Å². The van der Waals surface area contributed by atoms with Crippen LogP contribution in [0.3, 0.4) is 0 Å². The normalized spacial score (nSPS) is 16.7. The minimum atomic E-state index is -0.372. The summed E-state index contributed by atoms with van der Waals surface area (Å²) in [6.07, 6.45) is 1.86. The molecule has 1 heterocycles. The lowest BCUT2D eigenvalue weighted by molar-refractivity contribution is -0.140. The second kappa shape index (κ2) is 7.06. The van der Waals surface area contributed by atoms with E-state index in [0.29, 0.717) is 14.2 Å². The number of halogens is 1. The van der Waals surface area contributed by atoms with E-state index < -0.39 is 0 Å². The zero-order valence-corrected chi connectivity index (χ0v) is 13.6. The maximum absolute atomic E-state index is 12.3. The van der Waals surface area contributed by atoms with Crippen molar-refractivity contribution < 1.29 is 14.3 Å². The van der Waals surface area contributed by atoms with Crippen LogP contribution in [0.5, 0.6) is 0 Å². The van der Waals surface area contributed by atoms with E-state index in [1.165, 1.54) is 23.8 Å². The topological polar surface area (TPSA) is 46.6 Å². The molecule has 110 valence electrons. The fraction of sp³-hybridized carbons (Fsp3) is 0.214. The van der Waals surface area contributed by atoms with Gasteiger partial charge in [-0.2, -0.15) is 0 Å². The third-order valence-corrected chi connectivity index (χ3v) is 4.40. The summed E-state index contributed by atoms with van der Waals surface area (Å²) in [5.74, 6) is -0.572. The van der Waals surface area contributed by atoms with Crippen molar-refractivity contribution in [1.82, 2.24) is 4.90 Å². The van der Waals surface area contributed by atoms with Crippen LogP contribution in [0.4, 0.5) is 0 Å². The Morgan fingerprint density at radius 3 is 2.95 bits per heavy atom. The fourth-order valence-electron chi connectivity index (χ4n) is 1.75. The summed E-state index contributed by atoms with van der Waals surface area (Å²) in [4.78, 5) is 25.4. The van der Waals surface area contributed by atoms with Gasteiger partial charge < -0.3 is 4.74 Å². The van der Waals surface area contributed by atoms with Gasteiger partial charge in [-0.3, -0.25) is 14.5 Å². The number of amides is 1. The summed E-state index contributed by atoms with van der Waals surface area (Å²) >= 11 is 12.3. The number of thiocarbonyl (C=S) groups is 1. The number of ether oxygens (including phenoxy) is 1. The van der Waals surface area contributed by atoms with Gasteiger partial charge in [0.2, 0.25) is 0 Å². The predicted octanol–water partition coefficient (Wildman–Crippen LogP) is 3.10. The summed E-state index contributed by atoms with van der Waals surface area (Å²) in [7, 11) is 1.31. The largest absolute Gasteiger partial charge is 0.469 e. The van der Waals surface area contributed by atoms with Crippen LogP contribution in [-0.2, 0) is 14.3 Å². The van der Waals surface area contributed by atoms with E-state index in [1.807, 2.05) is 12.1 Å². The molecule has 1 aliphatic rings. The van der Waals surface area contributed by atoms with Crippen LogP contribution >= 0.6 is 35.6 Å². The Morgan fingerprint density at radius 1 is 1.52 bits per heavy atom. The van der Waals surface area contributed by atoms with Gasteiger partial charge in [0.1, 0.15) is 4.32 Å². The number of esters is 1. The van der Waals surface area contributed by atoms with Crippen molar-refractivity contribution in [2.75, 3.05) is 13.7 Å². The van der Waals surface area contributed by atoms with Crippen LogP contribution in [-0.4, -0.2) is 34.8 Å². The van der Waals surface area contributed by atoms with Crippen LogP contribution in [0.2, 0.25) is 5.02 Å². The van der Waals surface area contributed by atoms with E-state index in [0.717, 1.165) is 5.56 Å². The van der Waals surface area contributed by atoms with Gasteiger partial charge in [-0.15, -0.1) is 0 Å². The molecule has 0 aliphatic carbocycles. The van der Waals surface area contributed by atoms with Crippen molar-refractivity contribution in [3.8, 4) is 0 Å². The van der Waals surface area contributed by atoms with Crippen LogP contribution in [0, 0.1) is 0 Å². The first-order valence-corrected chi connectivity index (χ1v) is 7.69. The molecule has 1 aliphatic heterocycles. The Bertz CT molecular complexity index is 630. The molecule has 0 N–H and O–H groups in total. The number of nitrogens with zero attached hydrogens (tertiary/aromatic N) is 1. The van der Waals surface area contributed by atoms with Crippen molar-refractivity contribution in [2.24, 2.45) is 0 Å². The predicted molar refractivity (Wildman–Crippen MR) is 88.0 cm³/mol. The maximum Gasteiger partial charge on any atom is 0.307 e. The number of thioether (sulfide) groups is 1. The molecule has 7 heteroatoms. The Morgan fingerprint density at radius 2 is 2.29 bits per heavy atom. The van der Waals surface area contributed by atoms with Crippen LogP contribution < -0.4 is 0 Å². The molecular formula is C14H12ClNO3S2. The molecule has 2 rings (SSSR count). The quantitative estimate of drug-likeness (QED) is 0.478. The lowest BCUT2D eigenvalue weighted by atomic mass is 10.2. The average Bonchev–Trinajstić information content (AvgIpc) is 2.71. The molecule has 0 radical (unpaired) electrons. The molecule has 0 unspecified atom stereocenters. The molecular weight excluding hydrogens is 330 g/mol. The van der Waals surface area contributed by atoms with Gasteiger partial charge in [0.15, 0.2) is 0 Å². The zero-order valence-electron chi connectivity index (χ0n) is 11.2. The smallest absolute Gasteiger partial charge is 0.307 e. The van der Waals surface area contributed by atoms with Gasteiger partial charge in [0.05, 0.1) is 18.4 Å². The van der Waals surface area contributed by atoms with Crippen molar-refractivity contribution in [1.29, 1.82) is 0 Å². The number of benzene rings is 1. The third kappa shape index (κ3) is 4.06. The Labute approximate surface area is 137 Å². The van der Waals surface area contributed by atoms with Crippen LogP contribution in [0.15, 0.2) is 29.2 Å². The Balaban J connectivity index is 2.12. The lowest BCUT2D eigenvalue weighted by Gasteiger charge is -2.12. The van der Waals surface area contributed by atoms with Gasteiger partial charge >= 0.3 is 5.97 Å². The first-order chi connectivity index (χ1) is 10.0. The molecule has 1 aromatic carbocycles. The summed E-state index contributed by atoms with van der Waals surface area (Å²) < 4.78 is 5.00. The summed E-state index contributed by atoms with van der Waals surface area (Å²) in [5.41, 5.74) is 0.830. The molecule has 0 aromatic heterocycles. The second-order valence-electron chi connectivity index (χ2n) is 4.21. The summed E-state index contributed by atoms with van der Waals surface area (Å²) in [6, 6.07) is 7.20. The molecule has 0 bridgehead atoms. The van der Waals surface area contributed by atoms with Gasteiger partial charge in [-0.1, -0.05) is 47.7 Å². The van der Waals surface area contributed by atoms with E-state index in [1.54, 1.807) is 18.2 Å². The van der Waals surface area contributed by atoms with E-state index in [-0.39, 0.29) is 24.8 Å². The molecule has 21 heavy (non-hydrogen) atoms.